The van der Waals surface area contributed by atoms with E-state index in [2.05, 4.69) is 0 Å². The number of nitrogens with zero attached hydrogens (tertiary/aromatic N) is 1. The maximum Gasteiger partial charge on any atom is 0.147 e. The highest BCUT2D eigenvalue weighted by Crippen LogP contribution is 2.20. The van der Waals surface area contributed by atoms with Crippen molar-refractivity contribution in [3.05, 3.63) is 29.8 Å². The van der Waals surface area contributed by atoms with Crippen LogP contribution in [0.1, 0.15) is 18.1 Å². The van der Waals surface area contributed by atoms with Crippen LogP contribution in [0.3, 0.4) is 0 Å². The SMILES string of the molecule is CN(C)c1ccc(C(O)CCS(C)(=O)=O)cc1. The molecule has 1 rings (SSSR count). The zero-order valence-electron chi connectivity index (χ0n) is 10.4. The Hall–Kier alpha value is -1.07. The van der Waals surface area contributed by atoms with E-state index in [1.165, 1.54) is 6.26 Å². The number of hydrogen-bond donors (Lipinski definition) is 1. The summed E-state index contributed by atoms with van der Waals surface area (Å²) in [6, 6.07) is 7.45. The van der Waals surface area contributed by atoms with Crippen LogP contribution < -0.4 is 4.90 Å². The summed E-state index contributed by atoms with van der Waals surface area (Å²) in [5.74, 6) is 0.00357. The molecule has 0 radical (unpaired) electrons. The van der Waals surface area contributed by atoms with Gasteiger partial charge in [-0.2, -0.15) is 0 Å². The van der Waals surface area contributed by atoms with E-state index in [9.17, 15) is 13.5 Å². The van der Waals surface area contributed by atoms with E-state index in [0.29, 0.717) is 0 Å². The molecule has 0 aliphatic carbocycles. The van der Waals surface area contributed by atoms with Gasteiger partial charge in [0.25, 0.3) is 0 Å². The lowest BCUT2D eigenvalue weighted by atomic mass is 10.1. The summed E-state index contributed by atoms with van der Waals surface area (Å²) in [5, 5.41) is 9.84. The second kappa shape index (κ2) is 5.51. The van der Waals surface area contributed by atoms with Crippen LogP contribution in [0.25, 0.3) is 0 Å². The quantitative estimate of drug-likeness (QED) is 0.861. The topological polar surface area (TPSA) is 57.6 Å². The Morgan fingerprint density at radius 3 is 2.18 bits per heavy atom. The Labute approximate surface area is 103 Å². The maximum absolute atomic E-state index is 11.0. The van der Waals surface area contributed by atoms with Gasteiger partial charge in [-0.3, -0.25) is 0 Å². The van der Waals surface area contributed by atoms with Crippen LogP contribution in [-0.4, -0.2) is 39.6 Å². The molecule has 1 atom stereocenters. The van der Waals surface area contributed by atoms with Crippen molar-refractivity contribution in [1.29, 1.82) is 0 Å². The smallest absolute Gasteiger partial charge is 0.147 e. The van der Waals surface area contributed by atoms with E-state index in [4.69, 9.17) is 0 Å². The van der Waals surface area contributed by atoms with Crippen molar-refractivity contribution in [2.24, 2.45) is 0 Å². The largest absolute Gasteiger partial charge is 0.388 e. The molecule has 0 aliphatic rings. The van der Waals surface area contributed by atoms with Crippen molar-refractivity contribution >= 4 is 15.5 Å². The molecule has 0 saturated heterocycles. The molecule has 0 fully saturated rings. The monoisotopic (exact) mass is 257 g/mol. The second-order valence-corrected chi connectivity index (χ2v) is 6.68. The molecule has 4 nitrogen and oxygen atoms in total. The average Bonchev–Trinajstić information content (AvgIpc) is 2.25. The maximum atomic E-state index is 11.0. The van der Waals surface area contributed by atoms with E-state index >= 15 is 0 Å². The fourth-order valence-electron chi connectivity index (χ4n) is 1.49. The number of sulfone groups is 1. The lowest BCUT2D eigenvalue weighted by Gasteiger charge is -2.15. The Morgan fingerprint density at radius 1 is 1.24 bits per heavy atom. The van der Waals surface area contributed by atoms with Gasteiger partial charge in [0, 0.05) is 26.0 Å². The third-order valence-electron chi connectivity index (χ3n) is 2.56. The van der Waals surface area contributed by atoms with Crippen LogP contribution in [0.4, 0.5) is 5.69 Å². The van der Waals surface area contributed by atoms with Gasteiger partial charge >= 0.3 is 0 Å². The lowest BCUT2D eigenvalue weighted by molar-refractivity contribution is 0.174. The fourth-order valence-corrected chi connectivity index (χ4v) is 2.14. The van der Waals surface area contributed by atoms with Crippen molar-refractivity contribution in [3.8, 4) is 0 Å². The molecule has 0 saturated carbocycles. The Bertz CT molecular complexity index is 451. The molecule has 96 valence electrons. The zero-order valence-corrected chi connectivity index (χ0v) is 11.2. The molecular weight excluding hydrogens is 238 g/mol. The molecule has 0 spiro atoms. The summed E-state index contributed by atoms with van der Waals surface area (Å²) >= 11 is 0. The number of aliphatic hydroxyl groups excluding tert-OH is 1. The van der Waals surface area contributed by atoms with Crippen LogP contribution in [-0.2, 0) is 9.84 Å². The standard InChI is InChI=1S/C12H19NO3S/c1-13(2)11-6-4-10(5-7-11)12(14)8-9-17(3,15)16/h4-7,12,14H,8-9H2,1-3H3. The molecule has 0 aromatic heterocycles. The van der Waals surface area contributed by atoms with Gasteiger partial charge in [0.15, 0.2) is 0 Å². The highest BCUT2D eigenvalue weighted by molar-refractivity contribution is 7.90. The minimum absolute atomic E-state index is 0.00357. The van der Waals surface area contributed by atoms with Gasteiger partial charge in [0.2, 0.25) is 0 Å². The first-order valence-electron chi connectivity index (χ1n) is 5.42. The van der Waals surface area contributed by atoms with Gasteiger partial charge in [0.1, 0.15) is 9.84 Å². The van der Waals surface area contributed by atoms with E-state index in [0.717, 1.165) is 11.3 Å². The van der Waals surface area contributed by atoms with Gasteiger partial charge in [-0.05, 0) is 24.1 Å². The molecule has 0 aliphatic heterocycles. The van der Waals surface area contributed by atoms with E-state index < -0.39 is 15.9 Å². The van der Waals surface area contributed by atoms with Crippen LogP contribution in [0.2, 0.25) is 0 Å². The molecule has 1 unspecified atom stereocenters. The zero-order chi connectivity index (χ0) is 13.1. The van der Waals surface area contributed by atoms with Crippen LogP contribution in [0.5, 0.6) is 0 Å². The van der Waals surface area contributed by atoms with Crippen LogP contribution in [0.15, 0.2) is 24.3 Å². The molecule has 5 heteroatoms. The fraction of sp³-hybridized carbons (Fsp3) is 0.500. The molecule has 1 aromatic carbocycles. The first-order valence-corrected chi connectivity index (χ1v) is 7.49. The molecule has 17 heavy (non-hydrogen) atoms. The summed E-state index contributed by atoms with van der Waals surface area (Å²) in [4.78, 5) is 1.96. The minimum atomic E-state index is -3.02. The third-order valence-corrected chi connectivity index (χ3v) is 3.53. The molecule has 1 N–H and O–H groups in total. The predicted molar refractivity (Wildman–Crippen MR) is 70.1 cm³/mol. The molecule has 1 aromatic rings. The third kappa shape index (κ3) is 4.75. The van der Waals surface area contributed by atoms with Crippen molar-refractivity contribution in [2.75, 3.05) is 31.0 Å². The van der Waals surface area contributed by atoms with Crippen molar-refractivity contribution in [1.82, 2.24) is 0 Å². The van der Waals surface area contributed by atoms with Gasteiger partial charge in [-0.25, -0.2) is 8.42 Å². The number of benzene rings is 1. The van der Waals surface area contributed by atoms with Crippen molar-refractivity contribution in [3.63, 3.8) is 0 Å². The number of aliphatic hydroxyl groups is 1. The molecule has 0 heterocycles. The Balaban J connectivity index is 2.67. The predicted octanol–water partition coefficient (Wildman–Crippen LogP) is 1.22. The Kier molecular flexibility index (Phi) is 4.54. The van der Waals surface area contributed by atoms with E-state index in [-0.39, 0.29) is 12.2 Å². The van der Waals surface area contributed by atoms with Crippen molar-refractivity contribution in [2.45, 2.75) is 12.5 Å². The first kappa shape index (κ1) is 14.0. The van der Waals surface area contributed by atoms with Crippen LogP contribution in [0, 0.1) is 0 Å². The van der Waals surface area contributed by atoms with Gasteiger partial charge < -0.3 is 10.0 Å². The normalized spacial score (nSPS) is 13.4. The molecule has 0 bridgehead atoms. The summed E-state index contributed by atoms with van der Waals surface area (Å²) in [6.07, 6.45) is 0.690. The number of anilines is 1. The highest BCUT2D eigenvalue weighted by atomic mass is 32.2. The van der Waals surface area contributed by atoms with Crippen LogP contribution >= 0.6 is 0 Å². The van der Waals surface area contributed by atoms with E-state index in [1.807, 2.05) is 43.3 Å². The first-order chi connectivity index (χ1) is 7.79. The van der Waals surface area contributed by atoms with Crippen molar-refractivity contribution < 1.29 is 13.5 Å². The average molecular weight is 257 g/mol. The number of rotatable bonds is 5. The summed E-state index contributed by atoms with van der Waals surface area (Å²) < 4.78 is 22.0. The van der Waals surface area contributed by atoms with Gasteiger partial charge in [-0.15, -0.1) is 0 Å². The number of hydrogen-bond acceptors (Lipinski definition) is 4. The van der Waals surface area contributed by atoms with Gasteiger partial charge in [0.05, 0.1) is 11.9 Å². The lowest BCUT2D eigenvalue weighted by Crippen LogP contribution is -2.10. The Morgan fingerprint density at radius 2 is 1.76 bits per heavy atom. The second-order valence-electron chi connectivity index (χ2n) is 4.42. The van der Waals surface area contributed by atoms with Gasteiger partial charge in [-0.1, -0.05) is 12.1 Å². The minimum Gasteiger partial charge on any atom is -0.388 e. The molecular formula is C12H19NO3S. The summed E-state index contributed by atoms with van der Waals surface area (Å²) in [6.45, 7) is 0. The molecule has 0 amide bonds. The summed E-state index contributed by atoms with van der Waals surface area (Å²) in [5.41, 5.74) is 1.79. The van der Waals surface area contributed by atoms with E-state index in [1.54, 1.807) is 0 Å². The summed E-state index contributed by atoms with van der Waals surface area (Å²) in [7, 11) is 0.862. The highest BCUT2D eigenvalue weighted by Gasteiger charge is 2.11.